The van der Waals surface area contributed by atoms with Gasteiger partial charge >= 0.3 is 0 Å². The number of benzene rings is 2. The first-order valence-electron chi connectivity index (χ1n) is 10.4. The molecule has 1 aliphatic carbocycles. The Morgan fingerprint density at radius 2 is 1.82 bits per heavy atom. The summed E-state index contributed by atoms with van der Waals surface area (Å²) in [5.41, 5.74) is 9.84. The SMILES string of the molecule is NC(=O)c1cccc2[nH]c(-c3ccc(C4CCCN4C4CCCC4)cc3)nc12. The number of nitrogens with zero attached hydrogens (tertiary/aromatic N) is 2. The van der Waals surface area contributed by atoms with Crippen LogP contribution in [-0.4, -0.2) is 33.4 Å². The molecule has 1 unspecified atom stereocenters. The summed E-state index contributed by atoms with van der Waals surface area (Å²) < 4.78 is 0. The third kappa shape index (κ3) is 3.00. The first-order valence-corrected chi connectivity index (χ1v) is 10.4. The van der Waals surface area contributed by atoms with Crippen molar-refractivity contribution < 1.29 is 4.79 Å². The molecule has 5 heteroatoms. The van der Waals surface area contributed by atoms with Crippen molar-refractivity contribution >= 4 is 16.9 Å². The lowest BCUT2D eigenvalue weighted by molar-refractivity contribution is 0.100. The number of rotatable bonds is 4. The highest BCUT2D eigenvalue weighted by atomic mass is 16.1. The zero-order valence-corrected chi connectivity index (χ0v) is 16.0. The number of amides is 1. The normalized spacial score (nSPS) is 20.9. The topological polar surface area (TPSA) is 75.0 Å². The summed E-state index contributed by atoms with van der Waals surface area (Å²) in [6, 6.07) is 15.6. The average molecular weight is 374 g/mol. The molecule has 3 N–H and O–H groups in total. The third-order valence-electron chi connectivity index (χ3n) is 6.43. The van der Waals surface area contributed by atoms with Gasteiger partial charge in [-0.05, 0) is 49.9 Å². The van der Waals surface area contributed by atoms with Crippen molar-refractivity contribution in [3.8, 4) is 11.4 Å². The van der Waals surface area contributed by atoms with Crippen LogP contribution in [0.2, 0.25) is 0 Å². The highest BCUT2D eigenvalue weighted by molar-refractivity contribution is 6.04. The van der Waals surface area contributed by atoms with Crippen LogP contribution in [0.3, 0.4) is 0 Å². The van der Waals surface area contributed by atoms with Crippen LogP contribution in [0.15, 0.2) is 42.5 Å². The largest absolute Gasteiger partial charge is 0.366 e. The standard InChI is InChI=1S/C23H26N4O/c24-22(28)18-7-3-8-19-21(18)26-23(25-19)16-12-10-15(11-13-16)20-9-4-14-27(20)17-5-1-2-6-17/h3,7-8,10-13,17,20H,1-2,4-6,9,14H2,(H2,24,28)(H,25,26). The Kier molecular flexibility index (Phi) is 4.40. The summed E-state index contributed by atoms with van der Waals surface area (Å²) in [7, 11) is 0. The molecule has 3 aromatic rings. The van der Waals surface area contributed by atoms with Crippen molar-refractivity contribution in [1.82, 2.24) is 14.9 Å². The maximum absolute atomic E-state index is 11.7. The molecular formula is C23H26N4O. The molecule has 2 aliphatic rings. The number of likely N-dealkylation sites (tertiary alicyclic amines) is 1. The number of carbonyl (C=O) groups excluding carboxylic acids is 1. The van der Waals surface area contributed by atoms with E-state index in [0.717, 1.165) is 22.9 Å². The smallest absolute Gasteiger partial charge is 0.250 e. The van der Waals surface area contributed by atoms with Crippen LogP contribution in [-0.2, 0) is 0 Å². The molecule has 1 atom stereocenters. The minimum Gasteiger partial charge on any atom is -0.366 e. The van der Waals surface area contributed by atoms with Gasteiger partial charge in [-0.15, -0.1) is 0 Å². The lowest BCUT2D eigenvalue weighted by Crippen LogP contribution is -2.32. The van der Waals surface area contributed by atoms with E-state index in [2.05, 4.69) is 39.1 Å². The van der Waals surface area contributed by atoms with Crippen LogP contribution in [0.4, 0.5) is 0 Å². The molecular weight excluding hydrogens is 348 g/mol. The third-order valence-corrected chi connectivity index (χ3v) is 6.43. The minimum absolute atomic E-state index is 0.452. The number of aromatic nitrogens is 2. The summed E-state index contributed by atoms with van der Waals surface area (Å²) in [5, 5.41) is 0. The van der Waals surface area contributed by atoms with Gasteiger partial charge in [-0.3, -0.25) is 9.69 Å². The van der Waals surface area contributed by atoms with Crippen LogP contribution in [0, 0.1) is 0 Å². The Morgan fingerprint density at radius 1 is 1.04 bits per heavy atom. The quantitative estimate of drug-likeness (QED) is 0.710. The van der Waals surface area contributed by atoms with Crippen LogP contribution >= 0.6 is 0 Å². The Hall–Kier alpha value is -2.66. The van der Waals surface area contributed by atoms with Gasteiger partial charge in [0.2, 0.25) is 0 Å². The van der Waals surface area contributed by atoms with Crippen LogP contribution in [0.1, 0.15) is 60.5 Å². The summed E-state index contributed by atoms with van der Waals surface area (Å²) >= 11 is 0. The fourth-order valence-corrected chi connectivity index (χ4v) is 5.05. The molecule has 0 spiro atoms. The minimum atomic E-state index is -0.452. The maximum Gasteiger partial charge on any atom is 0.250 e. The van der Waals surface area contributed by atoms with E-state index in [1.54, 1.807) is 6.07 Å². The maximum atomic E-state index is 11.7. The first kappa shape index (κ1) is 17.4. The van der Waals surface area contributed by atoms with E-state index in [0.29, 0.717) is 17.1 Å². The molecule has 1 amide bonds. The van der Waals surface area contributed by atoms with Gasteiger partial charge < -0.3 is 10.7 Å². The highest BCUT2D eigenvalue weighted by Gasteiger charge is 2.33. The van der Waals surface area contributed by atoms with Crippen molar-refractivity contribution in [3.63, 3.8) is 0 Å². The molecule has 1 saturated heterocycles. The summed E-state index contributed by atoms with van der Waals surface area (Å²) in [6.45, 7) is 1.23. The number of carbonyl (C=O) groups is 1. The molecule has 0 bridgehead atoms. The van der Waals surface area contributed by atoms with Crippen LogP contribution < -0.4 is 5.73 Å². The van der Waals surface area contributed by atoms with Crippen molar-refractivity contribution in [2.75, 3.05) is 6.54 Å². The summed E-state index contributed by atoms with van der Waals surface area (Å²) in [5.74, 6) is 0.321. The van der Waals surface area contributed by atoms with Crippen molar-refractivity contribution in [1.29, 1.82) is 0 Å². The number of nitrogens with two attached hydrogens (primary N) is 1. The lowest BCUT2D eigenvalue weighted by atomic mass is 10.0. The van der Waals surface area contributed by atoms with Gasteiger partial charge in [0.05, 0.1) is 11.1 Å². The molecule has 5 nitrogen and oxygen atoms in total. The monoisotopic (exact) mass is 374 g/mol. The van der Waals surface area contributed by atoms with Gasteiger partial charge in [-0.25, -0.2) is 4.98 Å². The molecule has 2 fully saturated rings. The number of fused-ring (bicyclic) bond motifs is 1. The van der Waals surface area contributed by atoms with Gasteiger partial charge in [0, 0.05) is 17.6 Å². The zero-order chi connectivity index (χ0) is 19.1. The number of H-pyrrole nitrogens is 1. The fourth-order valence-electron chi connectivity index (χ4n) is 5.05. The number of hydrogen-bond acceptors (Lipinski definition) is 3. The Bertz CT molecular complexity index is 1000. The van der Waals surface area contributed by atoms with E-state index in [4.69, 9.17) is 5.73 Å². The Balaban J connectivity index is 1.43. The van der Waals surface area contributed by atoms with Gasteiger partial charge in [-0.2, -0.15) is 0 Å². The van der Waals surface area contributed by atoms with E-state index in [1.165, 1.54) is 50.6 Å². The second-order valence-electron chi connectivity index (χ2n) is 8.11. The van der Waals surface area contributed by atoms with E-state index in [-0.39, 0.29) is 0 Å². The molecule has 5 rings (SSSR count). The second kappa shape index (κ2) is 7.06. The molecule has 28 heavy (non-hydrogen) atoms. The van der Waals surface area contributed by atoms with Crippen molar-refractivity contribution in [2.45, 2.75) is 50.6 Å². The summed E-state index contributed by atoms with van der Waals surface area (Å²) in [6.07, 6.45) is 8.02. The molecule has 1 saturated carbocycles. The second-order valence-corrected chi connectivity index (χ2v) is 8.11. The lowest BCUT2D eigenvalue weighted by Gasteiger charge is -2.30. The van der Waals surface area contributed by atoms with E-state index >= 15 is 0 Å². The average Bonchev–Trinajstić information content (AvgIpc) is 3.47. The van der Waals surface area contributed by atoms with E-state index < -0.39 is 5.91 Å². The number of aromatic amines is 1. The first-order chi connectivity index (χ1) is 13.7. The molecule has 1 aromatic heterocycles. The fraction of sp³-hybridized carbons (Fsp3) is 0.391. The number of para-hydroxylation sites is 1. The van der Waals surface area contributed by atoms with Crippen LogP contribution in [0.5, 0.6) is 0 Å². The van der Waals surface area contributed by atoms with E-state index in [1.807, 2.05) is 12.1 Å². The number of nitrogens with one attached hydrogen (secondary N) is 1. The number of hydrogen-bond donors (Lipinski definition) is 2. The number of imidazole rings is 1. The molecule has 2 heterocycles. The van der Waals surface area contributed by atoms with Crippen molar-refractivity contribution in [3.05, 3.63) is 53.6 Å². The van der Waals surface area contributed by atoms with Gasteiger partial charge in [-0.1, -0.05) is 43.2 Å². The molecule has 144 valence electrons. The van der Waals surface area contributed by atoms with Gasteiger partial charge in [0.25, 0.3) is 5.91 Å². The molecule has 2 aromatic carbocycles. The van der Waals surface area contributed by atoms with Gasteiger partial charge in [0.1, 0.15) is 11.3 Å². The zero-order valence-electron chi connectivity index (χ0n) is 16.0. The molecule has 1 aliphatic heterocycles. The predicted octanol–water partition coefficient (Wildman–Crippen LogP) is 4.41. The highest BCUT2D eigenvalue weighted by Crippen LogP contribution is 2.38. The Morgan fingerprint density at radius 3 is 2.57 bits per heavy atom. The van der Waals surface area contributed by atoms with Crippen LogP contribution in [0.25, 0.3) is 22.4 Å². The Labute approximate surface area is 164 Å². The van der Waals surface area contributed by atoms with Crippen molar-refractivity contribution in [2.24, 2.45) is 5.73 Å². The predicted molar refractivity (Wildman–Crippen MR) is 111 cm³/mol. The van der Waals surface area contributed by atoms with Gasteiger partial charge in [0.15, 0.2) is 0 Å². The number of primary amides is 1. The van der Waals surface area contributed by atoms with E-state index in [9.17, 15) is 4.79 Å². The summed E-state index contributed by atoms with van der Waals surface area (Å²) in [4.78, 5) is 22.4. The molecule has 0 radical (unpaired) electrons.